The Morgan fingerprint density at radius 3 is 2.55 bits per heavy atom. The number of hydrogen-bond donors (Lipinski definition) is 1. The Bertz CT molecular complexity index is 1300. The topological polar surface area (TPSA) is 79.7 Å². The van der Waals surface area contributed by atoms with Crippen molar-refractivity contribution in [2.45, 2.75) is 52.1 Å². The summed E-state index contributed by atoms with van der Waals surface area (Å²) in [5, 5.41) is 13.9. The van der Waals surface area contributed by atoms with Crippen LogP contribution >= 0.6 is 0 Å². The van der Waals surface area contributed by atoms with Crippen LogP contribution in [-0.4, -0.2) is 43.2 Å². The summed E-state index contributed by atoms with van der Waals surface area (Å²) in [6.45, 7) is 6.65. The molecule has 1 fully saturated rings. The Morgan fingerprint density at radius 2 is 1.76 bits per heavy atom. The first-order valence-electron chi connectivity index (χ1n) is 11.8. The highest BCUT2D eigenvalue weighted by Gasteiger charge is 2.31. The van der Waals surface area contributed by atoms with E-state index >= 15 is 0 Å². The minimum atomic E-state index is -0.274. The number of fused-ring (bicyclic) bond motifs is 1. The minimum Gasteiger partial charge on any atom is -0.321 e. The molecule has 0 saturated carbocycles. The van der Waals surface area contributed by atoms with E-state index in [0.717, 1.165) is 60.2 Å². The average Bonchev–Trinajstić information content (AvgIpc) is 3.30. The summed E-state index contributed by atoms with van der Waals surface area (Å²) in [5.41, 5.74) is 5.02. The van der Waals surface area contributed by atoms with Gasteiger partial charge >= 0.3 is 0 Å². The third kappa shape index (κ3) is 4.33. The highest BCUT2D eigenvalue weighted by molar-refractivity contribution is 5.85. The minimum absolute atomic E-state index is 0.0654. The molecular formula is C26H30N6O. The van der Waals surface area contributed by atoms with Gasteiger partial charge in [-0.05, 0) is 79.4 Å². The van der Waals surface area contributed by atoms with Gasteiger partial charge in [-0.15, -0.1) is 5.10 Å². The quantitative estimate of drug-likeness (QED) is 0.489. The van der Waals surface area contributed by atoms with Gasteiger partial charge in [0.05, 0.1) is 5.52 Å². The lowest BCUT2D eigenvalue weighted by atomic mass is 9.98. The summed E-state index contributed by atoms with van der Waals surface area (Å²) >= 11 is 0. The molecule has 7 heteroatoms. The number of aromatic nitrogens is 5. The molecule has 2 aromatic heterocycles. The van der Waals surface area contributed by atoms with E-state index in [2.05, 4.69) is 62.7 Å². The molecule has 1 aliphatic rings. The first-order chi connectivity index (χ1) is 16.1. The standard InChI is InChI=1S/C26H30N6O/c1-18-11-12-19(2)23-21(18)17-22(26(33)27-23)24(31-14-7-4-8-15-31)25-28-29-30-32(25)16-13-20-9-5-3-6-10-20/h3,5-6,9-12,17,24H,4,7-8,13-16H2,1-2H3,(H,27,33). The maximum Gasteiger partial charge on any atom is 0.253 e. The van der Waals surface area contributed by atoms with Crippen molar-refractivity contribution in [1.29, 1.82) is 0 Å². The van der Waals surface area contributed by atoms with Gasteiger partial charge in [-0.1, -0.05) is 48.9 Å². The molecule has 1 aliphatic heterocycles. The second-order valence-electron chi connectivity index (χ2n) is 9.04. The summed E-state index contributed by atoms with van der Waals surface area (Å²) in [5.74, 6) is 0.739. The van der Waals surface area contributed by atoms with Gasteiger partial charge in [0.25, 0.3) is 5.56 Å². The van der Waals surface area contributed by atoms with E-state index in [4.69, 9.17) is 0 Å². The van der Waals surface area contributed by atoms with E-state index < -0.39 is 0 Å². The first-order valence-corrected chi connectivity index (χ1v) is 11.8. The SMILES string of the molecule is Cc1ccc(C)c2[nH]c(=O)c(C(c3nnnn3CCc3ccccc3)N3CCCCC3)cc12. The smallest absolute Gasteiger partial charge is 0.253 e. The van der Waals surface area contributed by atoms with Crippen LogP contribution in [0.5, 0.6) is 0 Å². The third-order valence-electron chi connectivity index (χ3n) is 6.78. The molecular weight excluding hydrogens is 412 g/mol. The largest absolute Gasteiger partial charge is 0.321 e. The lowest BCUT2D eigenvalue weighted by Crippen LogP contribution is -2.38. The second-order valence-corrected chi connectivity index (χ2v) is 9.04. The molecule has 0 spiro atoms. The summed E-state index contributed by atoms with van der Waals surface area (Å²) in [6, 6.07) is 16.3. The monoisotopic (exact) mass is 442 g/mol. The van der Waals surface area contributed by atoms with Gasteiger partial charge in [0.1, 0.15) is 6.04 Å². The van der Waals surface area contributed by atoms with E-state index in [9.17, 15) is 4.79 Å². The molecule has 1 unspecified atom stereocenters. The number of aryl methyl sites for hydroxylation is 4. The van der Waals surface area contributed by atoms with Crippen LogP contribution in [0.1, 0.15) is 53.4 Å². The van der Waals surface area contributed by atoms with Crippen LogP contribution in [0.15, 0.2) is 53.3 Å². The van der Waals surface area contributed by atoms with Gasteiger partial charge in [-0.2, -0.15) is 0 Å². The van der Waals surface area contributed by atoms with Gasteiger partial charge in [0.15, 0.2) is 5.82 Å². The van der Waals surface area contributed by atoms with Crippen LogP contribution < -0.4 is 5.56 Å². The van der Waals surface area contributed by atoms with Crippen molar-refractivity contribution in [1.82, 2.24) is 30.1 Å². The Hall–Kier alpha value is -3.32. The summed E-state index contributed by atoms with van der Waals surface area (Å²) in [7, 11) is 0. The third-order valence-corrected chi connectivity index (χ3v) is 6.78. The molecule has 1 saturated heterocycles. The predicted octanol–water partition coefficient (Wildman–Crippen LogP) is 3.95. The summed E-state index contributed by atoms with van der Waals surface area (Å²) in [6.07, 6.45) is 4.28. The number of pyridine rings is 1. The van der Waals surface area contributed by atoms with Gasteiger partial charge in [-0.3, -0.25) is 9.69 Å². The van der Waals surface area contributed by atoms with Crippen molar-refractivity contribution in [2.24, 2.45) is 0 Å². The van der Waals surface area contributed by atoms with E-state index in [0.29, 0.717) is 12.1 Å². The molecule has 0 bridgehead atoms. The molecule has 0 amide bonds. The van der Waals surface area contributed by atoms with Gasteiger partial charge in [0.2, 0.25) is 0 Å². The molecule has 5 rings (SSSR count). The van der Waals surface area contributed by atoms with Crippen LogP contribution in [0.25, 0.3) is 10.9 Å². The molecule has 33 heavy (non-hydrogen) atoms. The molecule has 3 heterocycles. The fraction of sp³-hybridized carbons (Fsp3) is 0.385. The number of aromatic amines is 1. The molecule has 1 atom stereocenters. The van der Waals surface area contributed by atoms with Crippen LogP contribution in [0.3, 0.4) is 0 Å². The van der Waals surface area contributed by atoms with Crippen molar-refractivity contribution >= 4 is 10.9 Å². The Morgan fingerprint density at radius 1 is 1.00 bits per heavy atom. The first kappa shape index (κ1) is 21.5. The lowest BCUT2D eigenvalue weighted by Gasteiger charge is -2.33. The molecule has 0 aliphatic carbocycles. The molecule has 7 nitrogen and oxygen atoms in total. The molecule has 170 valence electrons. The number of nitrogens with one attached hydrogen (secondary N) is 1. The van der Waals surface area contributed by atoms with Gasteiger partial charge in [-0.25, -0.2) is 4.68 Å². The highest BCUT2D eigenvalue weighted by atomic mass is 16.1. The number of nitrogens with zero attached hydrogens (tertiary/aromatic N) is 5. The number of benzene rings is 2. The zero-order valence-corrected chi connectivity index (χ0v) is 19.3. The fourth-order valence-corrected chi connectivity index (χ4v) is 4.92. The molecule has 4 aromatic rings. The van der Waals surface area contributed by atoms with Crippen LogP contribution in [0, 0.1) is 13.8 Å². The number of piperidine rings is 1. The number of tetrazole rings is 1. The van der Waals surface area contributed by atoms with E-state index in [-0.39, 0.29) is 11.6 Å². The van der Waals surface area contributed by atoms with Crippen LogP contribution in [0.4, 0.5) is 0 Å². The fourth-order valence-electron chi connectivity index (χ4n) is 4.92. The van der Waals surface area contributed by atoms with E-state index in [1.54, 1.807) is 0 Å². The van der Waals surface area contributed by atoms with E-state index in [1.807, 2.05) is 29.8 Å². The van der Waals surface area contributed by atoms with Crippen molar-refractivity contribution in [3.8, 4) is 0 Å². The van der Waals surface area contributed by atoms with Crippen LogP contribution in [-0.2, 0) is 13.0 Å². The van der Waals surface area contributed by atoms with Gasteiger partial charge < -0.3 is 4.98 Å². The van der Waals surface area contributed by atoms with E-state index in [1.165, 1.54) is 12.0 Å². The number of H-pyrrole nitrogens is 1. The highest BCUT2D eigenvalue weighted by Crippen LogP contribution is 2.30. The Labute approximate surface area is 193 Å². The number of likely N-dealkylation sites (tertiary alicyclic amines) is 1. The normalized spacial score (nSPS) is 15.7. The molecule has 1 N–H and O–H groups in total. The zero-order chi connectivity index (χ0) is 22.8. The van der Waals surface area contributed by atoms with Crippen molar-refractivity contribution < 1.29 is 0 Å². The summed E-state index contributed by atoms with van der Waals surface area (Å²) < 4.78 is 1.87. The Kier molecular flexibility index (Phi) is 6.05. The molecule has 0 radical (unpaired) electrons. The van der Waals surface area contributed by atoms with Gasteiger partial charge in [0, 0.05) is 17.5 Å². The van der Waals surface area contributed by atoms with Crippen LogP contribution in [0.2, 0.25) is 0 Å². The summed E-state index contributed by atoms with van der Waals surface area (Å²) in [4.78, 5) is 18.9. The van der Waals surface area contributed by atoms with Crippen molar-refractivity contribution in [2.75, 3.05) is 13.1 Å². The number of hydrogen-bond acceptors (Lipinski definition) is 5. The second kappa shape index (κ2) is 9.27. The lowest BCUT2D eigenvalue weighted by molar-refractivity contribution is 0.176. The number of rotatable bonds is 6. The van der Waals surface area contributed by atoms with Crippen molar-refractivity contribution in [3.63, 3.8) is 0 Å². The molecule has 2 aromatic carbocycles. The predicted molar refractivity (Wildman–Crippen MR) is 129 cm³/mol. The Balaban J connectivity index is 1.59. The average molecular weight is 443 g/mol. The zero-order valence-electron chi connectivity index (χ0n) is 19.3. The maximum atomic E-state index is 13.4. The van der Waals surface area contributed by atoms with Crippen molar-refractivity contribution in [3.05, 3.63) is 87.0 Å². The maximum absolute atomic E-state index is 13.4.